The molecule has 0 bridgehead atoms. The lowest BCUT2D eigenvalue weighted by Gasteiger charge is -2.10. The van der Waals surface area contributed by atoms with Crippen LogP contribution in [-0.4, -0.2) is 13.2 Å². The molecule has 4 aromatic rings. The second-order valence-electron chi connectivity index (χ2n) is 7.92. The molecule has 0 unspecified atom stereocenters. The van der Waals surface area contributed by atoms with Crippen LogP contribution in [0.5, 0.6) is 11.5 Å². The van der Waals surface area contributed by atoms with Crippen LogP contribution in [0.4, 0.5) is 17.6 Å². The molecule has 4 aromatic carbocycles. The lowest BCUT2D eigenvalue weighted by atomic mass is 9.98. The average molecular weight is 493 g/mol. The second-order valence-corrected chi connectivity index (χ2v) is 7.92. The van der Waals surface area contributed by atoms with Crippen LogP contribution in [-0.2, 0) is 0 Å². The van der Waals surface area contributed by atoms with Gasteiger partial charge in [-0.3, -0.25) is 0 Å². The van der Waals surface area contributed by atoms with E-state index in [9.17, 15) is 17.6 Å². The molecular formula is C30H24F4O2. The van der Waals surface area contributed by atoms with E-state index in [-0.39, 0.29) is 29.0 Å². The molecule has 0 amide bonds. The summed E-state index contributed by atoms with van der Waals surface area (Å²) < 4.78 is 68.7. The van der Waals surface area contributed by atoms with Crippen molar-refractivity contribution in [3.05, 3.63) is 107 Å². The summed E-state index contributed by atoms with van der Waals surface area (Å²) in [7, 11) is 0. The smallest absolute Gasteiger partial charge is 0.201 e. The topological polar surface area (TPSA) is 18.5 Å². The first kappa shape index (κ1) is 25.0. The third kappa shape index (κ3) is 5.28. The Morgan fingerprint density at radius 2 is 1.11 bits per heavy atom. The van der Waals surface area contributed by atoms with E-state index < -0.39 is 23.3 Å². The molecule has 0 saturated carbocycles. The van der Waals surface area contributed by atoms with Crippen molar-refractivity contribution in [3.8, 4) is 33.8 Å². The van der Waals surface area contributed by atoms with Crippen LogP contribution in [0.25, 0.3) is 34.4 Å². The van der Waals surface area contributed by atoms with Gasteiger partial charge in [-0.2, -0.15) is 4.39 Å². The molecule has 0 aliphatic rings. The minimum absolute atomic E-state index is 0.0676. The molecule has 184 valence electrons. The lowest BCUT2D eigenvalue weighted by molar-refractivity contribution is 0.314. The van der Waals surface area contributed by atoms with E-state index in [0.717, 1.165) is 0 Å². The predicted octanol–water partition coefficient (Wildman–Crippen LogP) is 8.54. The van der Waals surface area contributed by atoms with Crippen molar-refractivity contribution in [2.24, 2.45) is 0 Å². The quantitative estimate of drug-likeness (QED) is 0.181. The number of benzene rings is 4. The van der Waals surface area contributed by atoms with Crippen LogP contribution in [0, 0.1) is 23.3 Å². The fourth-order valence-electron chi connectivity index (χ4n) is 3.79. The van der Waals surface area contributed by atoms with Crippen molar-refractivity contribution in [2.45, 2.75) is 13.8 Å². The molecule has 0 fully saturated rings. The summed E-state index contributed by atoms with van der Waals surface area (Å²) in [6.45, 7) is 4.30. The molecule has 6 heteroatoms. The molecule has 36 heavy (non-hydrogen) atoms. The average Bonchev–Trinajstić information content (AvgIpc) is 2.89. The van der Waals surface area contributed by atoms with E-state index in [1.807, 2.05) is 6.92 Å². The van der Waals surface area contributed by atoms with E-state index in [4.69, 9.17) is 9.47 Å². The summed E-state index contributed by atoms with van der Waals surface area (Å²) in [6, 6.07) is 19.3. The first-order valence-corrected chi connectivity index (χ1v) is 11.5. The monoisotopic (exact) mass is 492 g/mol. The Hall–Kier alpha value is -4.06. The summed E-state index contributed by atoms with van der Waals surface area (Å²) in [5, 5.41) is 0. The highest BCUT2D eigenvalue weighted by atomic mass is 19.2. The van der Waals surface area contributed by atoms with Crippen LogP contribution < -0.4 is 9.47 Å². The van der Waals surface area contributed by atoms with Gasteiger partial charge in [-0.15, -0.1) is 0 Å². The van der Waals surface area contributed by atoms with Gasteiger partial charge in [0.05, 0.1) is 13.2 Å². The third-order valence-electron chi connectivity index (χ3n) is 5.61. The zero-order valence-electron chi connectivity index (χ0n) is 19.8. The van der Waals surface area contributed by atoms with Crippen molar-refractivity contribution < 1.29 is 27.0 Å². The largest absolute Gasteiger partial charge is 0.494 e. The zero-order chi connectivity index (χ0) is 25.7. The maximum Gasteiger partial charge on any atom is 0.201 e. The summed E-state index contributed by atoms with van der Waals surface area (Å²) in [4.78, 5) is 0. The molecule has 0 atom stereocenters. The molecule has 0 N–H and O–H groups in total. The SMILES string of the molecule is CCOc1ccc(-c2ccc(-c3ccc(/C=C/c4ccc(OCC)c(F)c4F)cc3)c(F)c2F)cc1. The van der Waals surface area contributed by atoms with Gasteiger partial charge >= 0.3 is 0 Å². The molecule has 0 heterocycles. The van der Waals surface area contributed by atoms with Crippen LogP contribution in [0.1, 0.15) is 25.0 Å². The molecule has 4 rings (SSSR count). The lowest BCUT2D eigenvalue weighted by Crippen LogP contribution is -1.98. The Labute approximate surface area is 207 Å². The first-order valence-electron chi connectivity index (χ1n) is 11.5. The minimum Gasteiger partial charge on any atom is -0.494 e. The van der Waals surface area contributed by atoms with Gasteiger partial charge < -0.3 is 9.47 Å². The van der Waals surface area contributed by atoms with Crippen LogP contribution >= 0.6 is 0 Å². The minimum atomic E-state index is -1.04. The highest BCUT2D eigenvalue weighted by Crippen LogP contribution is 2.32. The Morgan fingerprint density at radius 1 is 0.556 bits per heavy atom. The third-order valence-corrected chi connectivity index (χ3v) is 5.61. The fraction of sp³-hybridized carbons (Fsp3) is 0.133. The molecule has 0 saturated heterocycles. The zero-order valence-corrected chi connectivity index (χ0v) is 19.8. The summed E-state index contributed by atoms with van der Waals surface area (Å²) in [5.41, 5.74) is 2.05. The van der Waals surface area contributed by atoms with Gasteiger partial charge in [0.1, 0.15) is 5.75 Å². The van der Waals surface area contributed by atoms with Gasteiger partial charge in [-0.1, -0.05) is 60.7 Å². The molecule has 0 aromatic heterocycles. The number of ether oxygens (including phenoxy) is 2. The summed E-state index contributed by atoms with van der Waals surface area (Å²) >= 11 is 0. The van der Waals surface area contributed by atoms with Gasteiger partial charge in [-0.25, -0.2) is 13.2 Å². The second kappa shape index (κ2) is 11.1. The number of hydrogen-bond donors (Lipinski definition) is 0. The maximum absolute atomic E-state index is 15.0. The van der Waals surface area contributed by atoms with E-state index in [1.165, 1.54) is 24.3 Å². The molecule has 0 aliphatic heterocycles. The van der Waals surface area contributed by atoms with Crippen molar-refractivity contribution in [3.63, 3.8) is 0 Å². The van der Waals surface area contributed by atoms with Gasteiger partial charge in [0.2, 0.25) is 5.82 Å². The van der Waals surface area contributed by atoms with Crippen LogP contribution in [0.3, 0.4) is 0 Å². The molecule has 0 radical (unpaired) electrons. The highest BCUT2D eigenvalue weighted by molar-refractivity contribution is 5.75. The maximum atomic E-state index is 15.0. The number of hydrogen-bond acceptors (Lipinski definition) is 2. The first-order chi connectivity index (χ1) is 17.4. The fourth-order valence-corrected chi connectivity index (χ4v) is 3.79. The summed E-state index contributed by atoms with van der Waals surface area (Å²) in [6.07, 6.45) is 3.04. The van der Waals surface area contributed by atoms with E-state index in [0.29, 0.717) is 29.0 Å². The predicted molar refractivity (Wildman–Crippen MR) is 135 cm³/mol. The van der Waals surface area contributed by atoms with Crippen LogP contribution in [0.15, 0.2) is 72.8 Å². The van der Waals surface area contributed by atoms with Crippen molar-refractivity contribution in [1.82, 2.24) is 0 Å². The Bertz CT molecular complexity index is 1380. The van der Waals surface area contributed by atoms with Crippen molar-refractivity contribution in [1.29, 1.82) is 0 Å². The van der Waals surface area contributed by atoms with E-state index in [2.05, 4.69) is 0 Å². The highest BCUT2D eigenvalue weighted by Gasteiger charge is 2.16. The van der Waals surface area contributed by atoms with E-state index >= 15 is 0 Å². The standard InChI is InChI=1S/C30H24F4O2/c1-3-35-23-14-11-21(12-15-23)25-17-16-24(28(32)29(25)33)20-8-5-19(6-9-20)7-10-22-13-18-26(36-4-2)30(34)27(22)31/h5-18H,3-4H2,1-2H3/b10-7+. The Morgan fingerprint density at radius 3 is 1.67 bits per heavy atom. The summed E-state index contributed by atoms with van der Waals surface area (Å²) in [5.74, 6) is -3.41. The van der Waals surface area contributed by atoms with Gasteiger partial charge in [-0.05, 0) is 54.8 Å². The molecule has 0 spiro atoms. The van der Waals surface area contributed by atoms with Crippen LogP contribution in [0.2, 0.25) is 0 Å². The van der Waals surface area contributed by atoms with Crippen molar-refractivity contribution in [2.75, 3.05) is 13.2 Å². The molecule has 0 aliphatic carbocycles. The van der Waals surface area contributed by atoms with Gasteiger partial charge in [0.25, 0.3) is 0 Å². The van der Waals surface area contributed by atoms with Crippen molar-refractivity contribution >= 4 is 12.2 Å². The Balaban J connectivity index is 1.54. The van der Waals surface area contributed by atoms with E-state index in [1.54, 1.807) is 67.6 Å². The normalized spacial score (nSPS) is 11.2. The number of rotatable bonds is 8. The number of halogens is 4. The Kier molecular flexibility index (Phi) is 7.74. The molecule has 2 nitrogen and oxygen atoms in total. The molecular weight excluding hydrogens is 468 g/mol. The van der Waals surface area contributed by atoms with Gasteiger partial charge in [0, 0.05) is 16.7 Å². The van der Waals surface area contributed by atoms with Gasteiger partial charge in [0.15, 0.2) is 23.2 Å².